The Balaban J connectivity index is 1.45. The fraction of sp³-hybridized carbons (Fsp3) is 0.933. The fourth-order valence-electron chi connectivity index (χ4n) is 2.90. The molecular formula is C15H28N2O3. The number of hydrogen-bond acceptors (Lipinski definition) is 4. The lowest BCUT2D eigenvalue weighted by molar-refractivity contribution is -0.126. The minimum Gasteiger partial charge on any atom is -0.379 e. The Morgan fingerprint density at radius 3 is 2.75 bits per heavy atom. The first-order chi connectivity index (χ1) is 9.75. The van der Waals surface area contributed by atoms with E-state index in [-0.39, 0.29) is 17.9 Å². The van der Waals surface area contributed by atoms with Gasteiger partial charge in [-0.25, -0.2) is 0 Å². The van der Waals surface area contributed by atoms with Gasteiger partial charge in [-0.05, 0) is 44.9 Å². The zero-order chi connectivity index (χ0) is 14.2. The molecular weight excluding hydrogens is 256 g/mol. The van der Waals surface area contributed by atoms with E-state index in [2.05, 4.69) is 5.32 Å². The number of rotatable bonds is 7. The molecule has 1 unspecified atom stereocenters. The van der Waals surface area contributed by atoms with Gasteiger partial charge in [0.1, 0.15) is 0 Å². The molecule has 0 aromatic carbocycles. The molecule has 2 fully saturated rings. The van der Waals surface area contributed by atoms with Crippen LogP contribution in [0.25, 0.3) is 0 Å². The molecule has 0 spiro atoms. The number of nitrogens with one attached hydrogen (secondary N) is 1. The van der Waals surface area contributed by atoms with E-state index in [4.69, 9.17) is 15.2 Å². The maximum absolute atomic E-state index is 11.9. The van der Waals surface area contributed by atoms with Gasteiger partial charge >= 0.3 is 0 Å². The third-order valence-corrected chi connectivity index (χ3v) is 4.24. The van der Waals surface area contributed by atoms with Crippen LogP contribution in [0.1, 0.15) is 44.9 Å². The van der Waals surface area contributed by atoms with Crippen LogP contribution in [0, 0.1) is 5.92 Å². The van der Waals surface area contributed by atoms with Crippen LogP contribution < -0.4 is 11.1 Å². The summed E-state index contributed by atoms with van der Waals surface area (Å²) in [4.78, 5) is 11.9. The van der Waals surface area contributed by atoms with Crippen molar-refractivity contribution < 1.29 is 14.3 Å². The minimum atomic E-state index is 0.169. The lowest BCUT2D eigenvalue weighted by Crippen LogP contribution is -2.36. The number of hydrogen-bond donors (Lipinski definition) is 2. The zero-order valence-corrected chi connectivity index (χ0v) is 12.3. The smallest absolute Gasteiger partial charge is 0.223 e. The SMILES string of the molecule is NC1CCC(C(=O)NCCCOCC2CCCO2)CC1. The van der Waals surface area contributed by atoms with Gasteiger partial charge in [-0.15, -0.1) is 0 Å². The summed E-state index contributed by atoms with van der Waals surface area (Å²) in [7, 11) is 0. The summed E-state index contributed by atoms with van der Waals surface area (Å²) in [6.45, 7) is 2.95. The molecule has 0 aromatic heterocycles. The van der Waals surface area contributed by atoms with Gasteiger partial charge in [0.2, 0.25) is 5.91 Å². The van der Waals surface area contributed by atoms with Crippen molar-refractivity contribution in [1.82, 2.24) is 5.32 Å². The molecule has 1 saturated carbocycles. The highest BCUT2D eigenvalue weighted by atomic mass is 16.5. The van der Waals surface area contributed by atoms with Crippen molar-refractivity contribution in [3.05, 3.63) is 0 Å². The van der Waals surface area contributed by atoms with Crippen molar-refractivity contribution in [1.29, 1.82) is 0 Å². The Morgan fingerprint density at radius 1 is 1.25 bits per heavy atom. The van der Waals surface area contributed by atoms with Crippen molar-refractivity contribution in [2.45, 2.75) is 57.1 Å². The second-order valence-corrected chi connectivity index (χ2v) is 5.97. The van der Waals surface area contributed by atoms with Crippen molar-refractivity contribution in [3.63, 3.8) is 0 Å². The molecule has 2 aliphatic rings. The maximum atomic E-state index is 11.9. The van der Waals surface area contributed by atoms with Crippen LogP contribution in [0.3, 0.4) is 0 Å². The highest BCUT2D eigenvalue weighted by molar-refractivity contribution is 5.78. The Kier molecular flexibility index (Phi) is 6.76. The van der Waals surface area contributed by atoms with Gasteiger partial charge in [0.25, 0.3) is 0 Å². The number of amides is 1. The van der Waals surface area contributed by atoms with Crippen LogP contribution in [-0.4, -0.2) is 44.4 Å². The molecule has 1 aliphatic carbocycles. The molecule has 5 heteroatoms. The number of carbonyl (C=O) groups excluding carboxylic acids is 1. The summed E-state index contributed by atoms with van der Waals surface area (Å²) in [6.07, 6.45) is 7.23. The molecule has 116 valence electrons. The molecule has 1 saturated heterocycles. The first-order valence-electron chi connectivity index (χ1n) is 7.98. The molecule has 1 amide bonds. The Hall–Kier alpha value is -0.650. The highest BCUT2D eigenvalue weighted by Crippen LogP contribution is 2.23. The summed E-state index contributed by atoms with van der Waals surface area (Å²) < 4.78 is 11.0. The molecule has 1 aliphatic heterocycles. The van der Waals surface area contributed by atoms with Gasteiger partial charge in [-0.1, -0.05) is 0 Å². The summed E-state index contributed by atoms with van der Waals surface area (Å²) in [5.41, 5.74) is 5.85. The van der Waals surface area contributed by atoms with Gasteiger partial charge in [-0.2, -0.15) is 0 Å². The van der Waals surface area contributed by atoms with Gasteiger partial charge in [-0.3, -0.25) is 4.79 Å². The van der Waals surface area contributed by atoms with E-state index in [1.165, 1.54) is 0 Å². The van der Waals surface area contributed by atoms with Crippen LogP contribution >= 0.6 is 0 Å². The minimum absolute atomic E-state index is 0.169. The predicted molar refractivity (Wildman–Crippen MR) is 77.4 cm³/mol. The van der Waals surface area contributed by atoms with Crippen molar-refractivity contribution >= 4 is 5.91 Å². The number of carbonyl (C=O) groups is 1. The molecule has 3 N–H and O–H groups in total. The van der Waals surface area contributed by atoms with E-state index in [0.29, 0.717) is 25.8 Å². The average molecular weight is 284 g/mol. The van der Waals surface area contributed by atoms with Crippen molar-refractivity contribution in [3.8, 4) is 0 Å². The first-order valence-corrected chi connectivity index (χ1v) is 7.98. The second-order valence-electron chi connectivity index (χ2n) is 5.97. The molecule has 20 heavy (non-hydrogen) atoms. The molecule has 0 aromatic rings. The van der Waals surface area contributed by atoms with E-state index in [0.717, 1.165) is 51.6 Å². The van der Waals surface area contributed by atoms with Crippen LogP contribution in [-0.2, 0) is 14.3 Å². The molecule has 1 heterocycles. The zero-order valence-electron chi connectivity index (χ0n) is 12.3. The van der Waals surface area contributed by atoms with Crippen LogP contribution in [0.15, 0.2) is 0 Å². The normalized spacial score (nSPS) is 30.4. The van der Waals surface area contributed by atoms with Gasteiger partial charge in [0, 0.05) is 31.7 Å². The van der Waals surface area contributed by atoms with E-state index in [9.17, 15) is 4.79 Å². The van der Waals surface area contributed by atoms with E-state index in [1.807, 2.05) is 0 Å². The van der Waals surface area contributed by atoms with Crippen molar-refractivity contribution in [2.75, 3.05) is 26.4 Å². The van der Waals surface area contributed by atoms with Crippen LogP contribution in [0.5, 0.6) is 0 Å². The average Bonchev–Trinajstić information content (AvgIpc) is 2.96. The monoisotopic (exact) mass is 284 g/mol. The van der Waals surface area contributed by atoms with Crippen LogP contribution in [0.4, 0.5) is 0 Å². The summed E-state index contributed by atoms with van der Waals surface area (Å²) in [5, 5.41) is 3.00. The largest absolute Gasteiger partial charge is 0.379 e. The Labute approximate surface area is 121 Å². The standard InChI is InChI=1S/C15H28N2O3/c16-13-6-4-12(5-7-13)15(18)17-8-2-9-19-11-14-3-1-10-20-14/h12-14H,1-11,16H2,(H,17,18). The van der Waals surface area contributed by atoms with Gasteiger partial charge in [0.05, 0.1) is 12.7 Å². The molecule has 1 atom stereocenters. The topological polar surface area (TPSA) is 73.6 Å². The Bertz CT molecular complexity index is 285. The highest BCUT2D eigenvalue weighted by Gasteiger charge is 2.24. The third-order valence-electron chi connectivity index (χ3n) is 4.24. The third kappa shape index (κ3) is 5.38. The quantitative estimate of drug-likeness (QED) is 0.689. The predicted octanol–water partition coefficient (Wildman–Crippen LogP) is 1.21. The molecule has 5 nitrogen and oxygen atoms in total. The van der Waals surface area contributed by atoms with Gasteiger partial charge in [0.15, 0.2) is 0 Å². The summed E-state index contributed by atoms with van der Waals surface area (Å²) in [6, 6.07) is 0.297. The fourth-order valence-corrected chi connectivity index (χ4v) is 2.90. The van der Waals surface area contributed by atoms with E-state index >= 15 is 0 Å². The summed E-state index contributed by atoms with van der Waals surface area (Å²) in [5.74, 6) is 0.360. The van der Waals surface area contributed by atoms with Crippen molar-refractivity contribution in [2.24, 2.45) is 11.7 Å². The second kappa shape index (κ2) is 8.60. The van der Waals surface area contributed by atoms with E-state index < -0.39 is 0 Å². The molecule has 2 rings (SSSR count). The van der Waals surface area contributed by atoms with Gasteiger partial charge < -0.3 is 20.5 Å². The Morgan fingerprint density at radius 2 is 2.05 bits per heavy atom. The summed E-state index contributed by atoms with van der Waals surface area (Å²) >= 11 is 0. The maximum Gasteiger partial charge on any atom is 0.223 e. The molecule has 0 bridgehead atoms. The lowest BCUT2D eigenvalue weighted by atomic mass is 9.86. The van der Waals surface area contributed by atoms with Crippen LogP contribution in [0.2, 0.25) is 0 Å². The number of nitrogens with two attached hydrogens (primary N) is 1. The number of ether oxygens (including phenoxy) is 2. The van der Waals surface area contributed by atoms with E-state index in [1.54, 1.807) is 0 Å². The molecule has 0 radical (unpaired) electrons. The lowest BCUT2D eigenvalue weighted by Gasteiger charge is -2.25. The first kappa shape index (κ1) is 15.7.